The number of benzene rings is 2. The summed E-state index contributed by atoms with van der Waals surface area (Å²) in [4.78, 5) is 21.6. The number of nitrogens with zero attached hydrogens (tertiary/aromatic N) is 4. The number of anilines is 1. The Morgan fingerprint density at radius 2 is 2.11 bits per heavy atom. The predicted octanol–water partition coefficient (Wildman–Crippen LogP) is 3.25. The molecule has 0 spiro atoms. The minimum Gasteiger partial charge on any atom is -0.382 e. The lowest BCUT2D eigenvalue weighted by Gasteiger charge is -2.06. The van der Waals surface area contributed by atoms with Crippen LogP contribution in [0.25, 0.3) is 0 Å². The average Bonchev–Trinajstić information content (AvgIpc) is 3.33. The highest BCUT2D eigenvalue weighted by Gasteiger charge is 2.29. The van der Waals surface area contributed by atoms with Crippen LogP contribution in [-0.4, -0.2) is 32.5 Å². The number of rotatable bonds is 5. The van der Waals surface area contributed by atoms with Crippen molar-refractivity contribution in [2.24, 2.45) is 5.16 Å². The summed E-state index contributed by atoms with van der Waals surface area (Å²) < 4.78 is 14.9. The Kier molecular flexibility index (Phi) is 5.03. The summed E-state index contributed by atoms with van der Waals surface area (Å²) in [5.41, 5.74) is 2.10. The molecule has 0 fully saturated rings. The van der Waals surface area contributed by atoms with Gasteiger partial charge in [0.25, 0.3) is 5.91 Å². The molecule has 0 saturated carbocycles. The van der Waals surface area contributed by atoms with Crippen LogP contribution in [0.4, 0.5) is 10.3 Å². The first-order chi connectivity index (χ1) is 13.6. The van der Waals surface area contributed by atoms with Crippen LogP contribution in [0.3, 0.4) is 0 Å². The Morgan fingerprint density at radius 3 is 2.89 bits per heavy atom. The molecule has 1 amide bonds. The SMILES string of the molecule is O=C(Nc1ncn(Cc2ccc(Cl)cc2)n1)C1CC(c2cccc(F)c2)=NO1. The van der Waals surface area contributed by atoms with Crippen LogP contribution in [0.2, 0.25) is 5.02 Å². The maximum atomic E-state index is 13.3. The largest absolute Gasteiger partial charge is 0.382 e. The van der Waals surface area contributed by atoms with E-state index in [1.54, 1.807) is 28.9 Å². The summed E-state index contributed by atoms with van der Waals surface area (Å²) in [6, 6.07) is 13.4. The molecule has 1 aliphatic heterocycles. The molecule has 0 aliphatic carbocycles. The molecule has 1 aliphatic rings. The number of carbonyl (C=O) groups is 1. The van der Waals surface area contributed by atoms with Gasteiger partial charge >= 0.3 is 0 Å². The van der Waals surface area contributed by atoms with Crippen molar-refractivity contribution < 1.29 is 14.0 Å². The van der Waals surface area contributed by atoms with Gasteiger partial charge in [-0.3, -0.25) is 10.1 Å². The van der Waals surface area contributed by atoms with Crippen LogP contribution in [0, 0.1) is 5.82 Å². The van der Waals surface area contributed by atoms with E-state index in [0.717, 1.165) is 5.56 Å². The molecule has 2 heterocycles. The summed E-state index contributed by atoms with van der Waals surface area (Å²) in [5, 5.41) is 11.4. The van der Waals surface area contributed by atoms with Crippen LogP contribution < -0.4 is 5.32 Å². The van der Waals surface area contributed by atoms with Crippen LogP contribution >= 0.6 is 11.6 Å². The van der Waals surface area contributed by atoms with E-state index in [0.29, 0.717) is 22.8 Å². The highest BCUT2D eigenvalue weighted by molar-refractivity contribution is 6.30. The third kappa shape index (κ3) is 4.17. The maximum Gasteiger partial charge on any atom is 0.271 e. The van der Waals surface area contributed by atoms with E-state index < -0.39 is 12.0 Å². The van der Waals surface area contributed by atoms with Gasteiger partial charge in [0.1, 0.15) is 12.1 Å². The molecular weight excluding hydrogens is 385 g/mol. The summed E-state index contributed by atoms with van der Waals surface area (Å²) in [7, 11) is 0. The van der Waals surface area contributed by atoms with E-state index >= 15 is 0 Å². The van der Waals surface area contributed by atoms with E-state index in [9.17, 15) is 9.18 Å². The van der Waals surface area contributed by atoms with Crippen molar-refractivity contribution in [2.75, 3.05) is 5.32 Å². The number of aromatic nitrogens is 3. The summed E-state index contributed by atoms with van der Waals surface area (Å²) in [6.07, 6.45) is 0.941. The van der Waals surface area contributed by atoms with E-state index in [4.69, 9.17) is 16.4 Å². The van der Waals surface area contributed by atoms with Gasteiger partial charge in [-0.1, -0.05) is 41.0 Å². The Balaban J connectivity index is 1.34. The summed E-state index contributed by atoms with van der Waals surface area (Å²) in [5.74, 6) is -0.621. The molecule has 0 saturated heterocycles. The smallest absolute Gasteiger partial charge is 0.271 e. The van der Waals surface area contributed by atoms with Crippen LogP contribution in [0.1, 0.15) is 17.5 Å². The number of nitrogens with one attached hydrogen (secondary N) is 1. The van der Waals surface area contributed by atoms with Crippen molar-refractivity contribution in [1.82, 2.24) is 14.8 Å². The zero-order valence-corrected chi connectivity index (χ0v) is 15.3. The van der Waals surface area contributed by atoms with E-state index in [1.165, 1.54) is 18.5 Å². The number of hydrogen-bond acceptors (Lipinski definition) is 5. The van der Waals surface area contributed by atoms with Crippen molar-refractivity contribution in [3.05, 3.63) is 76.8 Å². The third-order valence-corrected chi connectivity index (χ3v) is 4.40. The van der Waals surface area contributed by atoms with Gasteiger partial charge < -0.3 is 4.84 Å². The Morgan fingerprint density at radius 1 is 1.29 bits per heavy atom. The quantitative estimate of drug-likeness (QED) is 0.714. The van der Waals surface area contributed by atoms with Crippen molar-refractivity contribution in [3.63, 3.8) is 0 Å². The van der Waals surface area contributed by atoms with Crippen molar-refractivity contribution in [2.45, 2.75) is 19.1 Å². The first-order valence-electron chi connectivity index (χ1n) is 8.50. The fraction of sp³-hybridized carbons (Fsp3) is 0.158. The third-order valence-electron chi connectivity index (χ3n) is 4.15. The highest BCUT2D eigenvalue weighted by Crippen LogP contribution is 2.18. The van der Waals surface area contributed by atoms with Gasteiger partial charge in [-0.25, -0.2) is 14.1 Å². The monoisotopic (exact) mass is 399 g/mol. The number of hydrogen-bond donors (Lipinski definition) is 1. The van der Waals surface area contributed by atoms with E-state index in [-0.39, 0.29) is 18.2 Å². The van der Waals surface area contributed by atoms with Gasteiger partial charge in [-0.05, 0) is 29.8 Å². The maximum absolute atomic E-state index is 13.3. The molecule has 1 atom stereocenters. The molecule has 7 nitrogen and oxygen atoms in total. The Hall–Kier alpha value is -3.26. The molecule has 1 N–H and O–H groups in total. The molecule has 142 valence electrons. The molecule has 2 aromatic carbocycles. The van der Waals surface area contributed by atoms with Gasteiger partial charge in [0.2, 0.25) is 12.1 Å². The minimum atomic E-state index is -0.818. The van der Waals surface area contributed by atoms with E-state index in [2.05, 4.69) is 20.6 Å². The predicted molar refractivity (Wildman–Crippen MR) is 102 cm³/mol. The normalized spacial score (nSPS) is 15.8. The second-order valence-corrected chi connectivity index (χ2v) is 6.66. The standard InChI is InChI=1S/C19H15ClFN5O2/c20-14-6-4-12(5-7-14)10-26-11-22-19(24-26)23-18(27)17-9-16(25-28-17)13-2-1-3-15(21)8-13/h1-8,11,17H,9-10H2,(H,23,24,27). The molecule has 4 rings (SSSR count). The molecule has 3 aromatic rings. The van der Waals surface area contributed by atoms with Gasteiger partial charge in [0.05, 0.1) is 12.3 Å². The lowest BCUT2D eigenvalue weighted by atomic mass is 10.0. The second-order valence-electron chi connectivity index (χ2n) is 6.23. The number of halogens is 2. The lowest BCUT2D eigenvalue weighted by Crippen LogP contribution is -2.28. The van der Waals surface area contributed by atoms with Crippen LogP contribution in [0.15, 0.2) is 60.0 Å². The van der Waals surface area contributed by atoms with Gasteiger partial charge in [0.15, 0.2) is 0 Å². The van der Waals surface area contributed by atoms with Gasteiger partial charge in [-0.2, -0.15) is 0 Å². The molecule has 0 bridgehead atoms. The molecular formula is C19H15ClFN5O2. The topological polar surface area (TPSA) is 81.4 Å². The lowest BCUT2D eigenvalue weighted by molar-refractivity contribution is -0.125. The van der Waals surface area contributed by atoms with E-state index in [1.807, 2.05) is 12.1 Å². The van der Waals surface area contributed by atoms with Crippen molar-refractivity contribution >= 4 is 29.2 Å². The first-order valence-corrected chi connectivity index (χ1v) is 8.88. The molecule has 28 heavy (non-hydrogen) atoms. The van der Waals surface area contributed by atoms with Gasteiger partial charge in [-0.15, -0.1) is 5.10 Å². The Labute approximate surface area is 164 Å². The first kappa shape index (κ1) is 18.1. The van der Waals surface area contributed by atoms with Gasteiger partial charge in [0, 0.05) is 17.0 Å². The Bertz CT molecular complexity index is 1030. The average molecular weight is 400 g/mol. The fourth-order valence-electron chi connectivity index (χ4n) is 2.75. The number of carbonyl (C=O) groups excluding carboxylic acids is 1. The highest BCUT2D eigenvalue weighted by atomic mass is 35.5. The number of oxime groups is 1. The second kappa shape index (κ2) is 7.77. The van der Waals surface area contributed by atoms with Crippen LogP contribution in [0.5, 0.6) is 0 Å². The van der Waals surface area contributed by atoms with Crippen LogP contribution in [-0.2, 0) is 16.2 Å². The summed E-state index contributed by atoms with van der Waals surface area (Å²) >= 11 is 5.87. The molecule has 1 aromatic heterocycles. The molecule has 1 unspecified atom stereocenters. The van der Waals surface area contributed by atoms with Crippen molar-refractivity contribution in [3.8, 4) is 0 Å². The van der Waals surface area contributed by atoms with Crippen molar-refractivity contribution in [1.29, 1.82) is 0 Å². The molecule has 9 heteroatoms. The zero-order chi connectivity index (χ0) is 19.5. The number of amides is 1. The molecule has 0 radical (unpaired) electrons. The minimum absolute atomic E-state index is 0.168. The summed E-state index contributed by atoms with van der Waals surface area (Å²) in [6.45, 7) is 0.493. The zero-order valence-electron chi connectivity index (χ0n) is 14.5. The fourth-order valence-corrected chi connectivity index (χ4v) is 2.88.